The minimum absolute atomic E-state index is 0.150. The second-order valence-corrected chi connectivity index (χ2v) is 9.68. The van der Waals surface area contributed by atoms with Crippen molar-refractivity contribution in [3.8, 4) is 0 Å². The average molecular weight is 477 g/mol. The van der Waals surface area contributed by atoms with Crippen LogP contribution in [0, 0.1) is 11.3 Å². The molecular weight excluding hydrogens is 444 g/mol. The predicted molar refractivity (Wildman–Crippen MR) is 133 cm³/mol. The van der Waals surface area contributed by atoms with Crippen LogP contribution in [0.5, 0.6) is 0 Å². The van der Waals surface area contributed by atoms with E-state index in [1.54, 1.807) is 6.20 Å². The molecule has 35 heavy (non-hydrogen) atoms. The van der Waals surface area contributed by atoms with Crippen LogP contribution in [0.25, 0.3) is 10.9 Å². The summed E-state index contributed by atoms with van der Waals surface area (Å²) in [7, 11) is 0. The van der Waals surface area contributed by atoms with Crippen LogP contribution in [0.4, 0.5) is 0 Å². The van der Waals surface area contributed by atoms with Crippen molar-refractivity contribution in [1.29, 1.82) is 0 Å². The summed E-state index contributed by atoms with van der Waals surface area (Å²) in [6, 6.07) is 16.3. The zero-order valence-electron chi connectivity index (χ0n) is 19.7. The van der Waals surface area contributed by atoms with Crippen molar-refractivity contribution in [2.45, 2.75) is 57.4 Å². The molecule has 1 fully saturated rings. The number of hydrogen-bond acceptors (Lipinski definition) is 3. The predicted octanol–water partition coefficient (Wildman–Crippen LogP) is 4.56. The van der Waals surface area contributed by atoms with Gasteiger partial charge in [0.1, 0.15) is 6.04 Å². The lowest BCUT2D eigenvalue weighted by molar-refractivity contribution is -0.147. The van der Waals surface area contributed by atoms with Crippen LogP contribution in [-0.4, -0.2) is 39.1 Å². The van der Waals surface area contributed by atoms with Gasteiger partial charge >= 0.3 is 11.9 Å². The number of carboxylic acids is 2. The molecule has 4 rings (SSSR count). The second kappa shape index (κ2) is 10.8. The Labute approximate surface area is 204 Å². The average Bonchev–Trinajstić information content (AvgIpc) is 3.50. The van der Waals surface area contributed by atoms with Crippen molar-refractivity contribution < 1.29 is 24.6 Å². The third kappa shape index (κ3) is 5.73. The molecule has 1 heterocycles. The Hall–Kier alpha value is -3.61. The van der Waals surface area contributed by atoms with Crippen LogP contribution in [-0.2, 0) is 27.2 Å². The number of H-pyrrole nitrogens is 1. The smallest absolute Gasteiger partial charge is 0.326 e. The molecule has 1 unspecified atom stereocenters. The van der Waals surface area contributed by atoms with Gasteiger partial charge in [-0.3, -0.25) is 9.59 Å². The molecule has 4 N–H and O–H groups in total. The SMILES string of the molecule is O=C(O)C(CCc1ccccc1)CC1(C(=O)N[C@@H](Cc2c[nH]c3ccccc23)C(=O)O)CCCC1. The van der Waals surface area contributed by atoms with Gasteiger partial charge in [-0.25, -0.2) is 4.79 Å². The fourth-order valence-electron chi connectivity index (χ4n) is 5.38. The molecule has 1 aliphatic rings. The maximum Gasteiger partial charge on any atom is 0.326 e. The Morgan fingerprint density at radius 2 is 1.63 bits per heavy atom. The number of benzene rings is 2. The molecule has 1 amide bonds. The molecule has 7 heteroatoms. The molecule has 1 saturated carbocycles. The lowest BCUT2D eigenvalue weighted by Gasteiger charge is -2.32. The Kier molecular flexibility index (Phi) is 7.54. The third-order valence-corrected chi connectivity index (χ3v) is 7.36. The molecule has 0 aliphatic heterocycles. The molecule has 1 aliphatic carbocycles. The Bertz CT molecular complexity index is 1180. The fourth-order valence-corrected chi connectivity index (χ4v) is 5.38. The Morgan fingerprint density at radius 1 is 0.943 bits per heavy atom. The monoisotopic (exact) mass is 476 g/mol. The number of fused-ring (bicyclic) bond motifs is 1. The lowest BCUT2D eigenvalue weighted by atomic mass is 9.75. The van der Waals surface area contributed by atoms with E-state index in [0.717, 1.165) is 34.9 Å². The van der Waals surface area contributed by atoms with Gasteiger partial charge < -0.3 is 20.5 Å². The van der Waals surface area contributed by atoms with E-state index in [0.29, 0.717) is 25.7 Å². The summed E-state index contributed by atoms with van der Waals surface area (Å²) in [6.07, 6.45) is 6.03. The van der Waals surface area contributed by atoms with E-state index in [1.807, 2.05) is 54.6 Å². The number of aliphatic carboxylic acids is 2. The summed E-state index contributed by atoms with van der Waals surface area (Å²) < 4.78 is 0. The van der Waals surface area contributed by atoms with E-state index in [2.05, 4.69) is 10.3 Å². The molecule has 0 spiro atoms. The lowest BCUT2D eigenvalue weighted by Crippen LogP contribution is -2.49. The number of aromatic amines is 1. The zero-order valence-corrected chi connectivity index (χ0v) is 19.7. The summed E-state index contributed by atoms with van der Waals surface area (Å²) >= 11 is 0. The van der Waals surface area contributed by atoms with Gasteiger partial charge in [0.25, 0.3) is 0 Å². The van der Waals surface area contributed by atoms with Gasteiger partial charge in [0, 0.05) is 23.5 Å². The van der Waals surface area contributed by atoms with Crippen molar-refractivity contribution in [1.82, 2.24) is 10.3 Å². The highest BCUT2D eigenvalue weighted by molar-refractivity contribution is 5.89. The first-order chi connectivity index (χ1) is 16.9. The summed E-state index contributed by atoms with van der Waals surface area (Å²) in [5.74, 6) is -3.02. The fraction of sp³-hybridized carbons (Fsp3) is 0.393. The van der Waals surface area contributed by atoms with Crippen molar-refractivity contribution in [2.24, 2.45) is 11.3 Å². The van der Waals surface area contributed by atoms with Crippen molar-refractivity contribution >= 4 is 28.7 Å². The van der Waals surface area contributed by atoms with Gasteiger partial charge in [-0.2, -0.15) is 0 Å². The molecule has 2 atom stereocenters. The van der Waals surface area contributed by atoms with Crippen LogP contribution < -0.4 is 5.32 Å². The highest BCUT2D eigenvalue weighted by Gasteiger charge is 2.45. The van der Waals surface area contributed by atoms with Crippen molar-refractivity contribution in [2.75, 3.05) is 0 Å². The number of aryl methyl sites for hydroxylation is 1. The molecule has 184 valence electrons. The molecule has 0 saturated heterocycles. The van der Waals surface area contributed by atoms with Crippen LogP contribution in [0.1, 0.15) is 49.7 Å². The highest BCUT2D eigenvalue weighted by atomic mass is 16.4. The third-order valence-electron chi connectivity index (χ3n) is 7.36. The Morgan fingerprint density at radius 3 is 2.31 bits per heavy atom. The van der Waals surface area contributed by atoms with Gasteiger partial charge in [-0.05, 0) is 49.3 Å². The van der Waals surface area contributed by atoms with E-state index in [-0.39, 0.29) is 18.7 Å². The first-order valence-corrected chi connectivity index (χ1v) is 12.2. The van der Waals surface area contributed by atoms with Gasteiger partial charge in [0.15, 0.2) is 0 Å². The van der Waals surface area contributed by atoms with Crippen LogP contribution in [0.3, 0.4) is 0 Å². The van der Waals surface area contributed by atoms with E-state index < -0.39 is 29.3 Å². The molecule has 0 radical (unpaired) electrons. The summed E-state index contributed by atoms with van der Waals surface area (Å²) in [5.41, 5.74) is 1.94. The Balaban J connectivity index is 1.48. The minimum atomic E-state index is -1.10. The van der Waals surface area contributed by atoms with Gasteiger partial charge in [0.05, 0.1) is 11.3 Å². The number of nitrogens with one attached hydrogen (secondary N) is 2. The number of hydrogen-bond donors (Lipinski definition) is 4. The normalized spacial score (nSPS) is 16.6. The standard InChI is InChI=1S/C28H32N2O5/c31-25(32)20(13-12-19-8-2-1-3-9-19)17-28(14-6-7-15-28)27(35)30-24(26(33)34)16-21-18-29-23-11-5-4-10-22(21)23/h1-5,8-11,18,20,24,29H,6-7,12-17H2,(H,30,35)(H,31,32)(H,33,34)/t20?,24-/m0/s1. The second-order valence-electron chi connectivity index (χ2n) is 9.68. The molecule has 1 aromatic heterocycles. The van der Waals surface area contributed by atoms with Gasteiger partial charge in [-0.1, -0.05) is 61.4 Å². The molecule has 0 bridgehead atoms. The number of carbonyl (C=O) groups is 3. The molecule has 2 aromatic carbocycles. The van der Waals surface area contributed by atoms with E-state index >= 15 is 0 Å². The topological polar surface area (TPSA) is 119 Å². The maximum atomic E-state index is 13.5. The van der Waals surface area contributed by atoms with Gasteiger partial charge in [-0.15, -0.1) is 0 Å². The van der Waals surface area contributed by atoms with E-state index in [1.165, 1.54) is 0 Å². The largest absolute Gasteiger partial charge is 0.481 e. The zero-order chi connectivity index (χ0) is 24.8. The molecule has 7 nitrogen and oxygen atoms in total. The van der Waals surface area contributed by atoms with Crippen LogP contribution in [0.15, 0.2) is 60.8 Å². The molecular formula is C28H32N2O5. The van der Waals surface area contributed by atoms with Crippen molar-refractivity contribution in [3.05, 3.63) is 71.9 Å². The summed E-state index contributed by atoms with van der Waals surface area (Å²) in [6.45, 7) is 0. The molecule has 3 aromatic rings. The van der Waals surface area contributed by atoms with Crippen LogP contribution >= 0.6 is 0 Å². The number of aromatic nitrogens is 1. The number of carbonyl (C=O) groups excluding carboxylic acids is 1. The van der Waals surface area contributed by atoms with Gasteiger partial charge in [0.2, 0.25) is 5.91 Å². The first-order valence-electron chi connectivity index (χ1n) is 12.2. The van der Waals surface area contributed by atoms with Crippen LogP contribution in [0.2, 0.25) is 0 Å². The first kappa shape index (κ1) is 24.5. The summed E-state index contributed by atoms with van der Waals surface area (Å²) in [4.78, 5) is 40.9. The minimum Gasteiger partial charge on any atom is -0.481 e. The van der Waals surface area contributed by atoms with Crippen molar-refractivity contribution in [3.63, 3.8) is 0 Å². The van der Waals surface area contributed by atoms with E-state index in [4.69, 9.17) is 0 Å². The highest BCUT2D eigenvalue weighted by Crippen LogP contribution is 2.44. The summed E-state index contributed by atoms with van der Waals surface area (Å²) in [5, 5.41) is 23.5. The quantitative estimate of drug-likeness (QED) is 0.323. The number of para-hydroxylation sites is 1. The number of amides is 1. The van der Waals surface area contributed by atoms with E-state index in [9.17, 15) is 24.6 Å². The maximum absolute atomic E-state index is 13.5. The number of rotatable bonds is 11. The number of carboxylic acid groups (broad SMARTS) is 2.